The molecule has 2 atom stereocenters. The van der Waals surface area contributed by atoms with Gasteiger partial charge in [-0.05, 0) is 70.6 Å². The number of aliphatic hydroxyl groups is 1. The van der Waals surface area contributed by atoms with Crippen molar-refractivity contribution < 1.29 is 37.9 Å². The average molecular weight is 696 g/mol. The van der Waals surface area contributed by atoms with Crippen LogP contribution in [0.25, 0.3) is 0 Å². The summed E-state index contributed by atoms with van der Waals surface area (Å²) in [5, 5.41) is 12.6. The lowest BCUT2D eigenvalue weighted by Gasteiger charge is -2.15. The molecule has 0 fully saturated rings. The number of unbranched alkanes of at least 4 members (excludes halogenated alkanes) is 10. The van der Waals surface area contributed by atoms with Gasteiger partial charge in [-0.25, -0.2) is 4.57 Å². The van der Waals surface area contributed by atoms with Crippen LogP contribution < -0.4 is 5.32 Å². The van der Waals surface area contributed by atoms with Gasteiger partial charge < -0.3 is 20.1 Å². The Balaban J connectivity index is 3.75. The number of rotatable bonds is 33. The molecular formula is C38H66NO8P. The number of ether oxygens (including phenoxy) is 1. The zero-order valence-corrected chi connectivity index (χ0v) is 30.8. The molecule has 2 unspecified atom stereocenters. The summed E-state index contributed by atoms with van der Waals surface area (Å²) in [6.45, 7) is 3.35. The van der Waals surface area contributed by atoms with Crippen molar-refractivity contribution in [2.45, 2.75) is 142 Å². The summed E-state index contributed by atoms with van der Waals surface area (Å²) in [7, 11) is -4.42. The monoisotopic (exact) mass is 695 g/mol. The normalized spacial score (nSPS) is 14.2. The van der Waals surface area contributed by atoms with Gasteiger partial charge >= 0.3 is 13.8 Å². The highest BCUT2D eigenvalue weighted by Crippen LogP contribution is 2.42. The minimum absolute atomic E-state index is 0.0675. The SMILES string of the molecule is CCC/C=C\CCCCCCCC(=O)NCCOP(=O)(O)OCC(O)COC(=O)CCC/C=C\C/C=C\C/C=C\C/C=C\CCCCC. The van der Waals surface area contributed by atoms with Gasteiger partial charge in [-0.3, -0.25) is 18.6 Å². The van der Waals surface area contributed by atoms with Crippen LogP contribution in [0.2, 0.25) is 0 Å². The van der Waals surface area contributed by atoms with Crippen LogP contribution in [0.15, 0.2) is 60.8 Å². The summed E-state index contributed by atoms with van der Waals surface area (Å²) in [4.78, 5) is 33.6. The Morgan fingerprint density at radius 3 is 1.83 bits per heavy atom. The average Bonchev–Trinajstić information content (AvgIpc) is 3.07. The van der Waals surface area contributed by atoms with Crippen molar-refractivity contribution in [3.05, 3.63) is 60.8 Å². The molecule has 0 aromatic rings. The first-order valence-corrected chi connectivity index (χ1v) is 19.8. The van der Waals surface area contributed by atoms with E-state index in [0.29, 0.717) is 12.8 Å². The number of carbonyl (C=O) groups excluding carboxylic acids is 2. The molecule has 0 aliphatic rings. The number of hydrogen-bond acceptors (Lipinski definition) is 7. The highest BCUT2D eigenvalue weighted by Gasteiger charge is 2.23. The standard InChI is InChI=1S/C38H66NO8P/c1-3-5-7-9-11-13-15-16-17-18-19-20-21-23-25-27-29-31-38(42)45-34-36(40)35-47-48(43,44)46-33-32-39-37(41)30-28-26-24-22-14-12-10-8-6-4-2/h8,10-11,13,16-17,19-20,23,25,36,40H,3-7,9,12,14-15,18,21-22,24,26-35H2,1-2H3,(H,39,41)(H,43,44)/b10-8-,13-11-,17-16-,20-19-,25-23-. The van der Waals surface area contributed by atoms with Gasteiger partial charge in [-0.1, -0.05) is 113 Å². The first-order chi connectivity index (χ1) is 23.3. The van der Waals surface area contributed by atoms with Crippen molar-refractivity contribution in [2.24, 2.45) is 0 Å². The number of phosphoric ester groups is 1. The van der Waals surface area contributed by atoms with Gasteiger partial charge in [0.1, 0.15) is 12.7 Å². The molecule has 1 amide bonds. The molecule has 0 rings (SSSR count). The summed E-state index contributed by atoms with van der Waals surface area (Å²) >= 11 is 0. The number of esters is 1. The van der Waals surface area contributed by atoms with E-state index in [1.807, 2.05) is 6.08 Å². The summed E-state index contributed by atoms with van der Waals surface area (Å²) in [5.41, 5.74) is 0. The molecule has 0 aliphatic carbocycles. The van der Waals surface area contributed by atoms with E-state index in [0.717, 1.165) is 64.2 Å². The Morgan fingerprint density at radius 1 is 0.646 bits per heavy atom. The van der Waals surface area contributed by atoms with Crippen molar-refractivity contribution in [1.82, 2.24) is 5.32 Å². The molecule has 0 aromatic heterocycles. The quantitative estimate of drug-likeness (QED) is 0.0268. The fraction of sp³-hybridized carbons (Fsp3) is 0.684. The van der Waals surface area contributed by atoms with E-state index >= 15 is 0 Å². The van der Waals surface area contributed by atoms with Crippen LogP contribution in [0, 0.1) is 0 Å². The van der Waals surface area contributed by atoms with Gasteiger partial charge in [0.15, 0.2) is 0 Å². The Bertz CT molecular complexity index is 976. The number of hydrogen-bond donors (Lipinski definition) is 3. The van der Waals surface area contributed by atoms with E-state index in [1.54, 1.807) is 0 Å². The first kappa shape index (κ1) is 45.7. The van der Waals surface area contributed by atoms with Gasteiger partial charge in [0.2, 0.25) is 5.91 Å². The van der Waals surface area contributed by atoms with Crippen LogP contribution in [0.4, 0.5) is 0 Å². The summed E-state index contributed by atoms with van der Waals surface area (Å²) in [5.74, 6) is -0.592. The van der Waals surface area contributed by atoms with Crippen molar-refractivity contribution >= 4 is 19.7 Å². The second-order valence-corrected chi connectivity index (χ2v) is 13.3. The number of amides is 1. The fourth-order valence-corrected chi connectivity index (χ4v) is 5.13. The highest BCUT2D eigenvalue weighted by molar-refractivity contribution is 7.47. The lowest BCUT2D eigenvalue weighted by molar-refractivity contribution is -0.147. The summed E-state index contributed by atoms with van der Waals surface area (Å²) in [6, 6.07) is 0. The molecule has 0 spiro atoms. The number of nitrogens with one attached hydrogen (secondary N) is 1. The van der Waals surface area contributed by atoms with E-state index < -0.39 is 26.5 Å². The van der Waals surface area contributed by atoms with Crippen LogP contribution in [-0.2, 0) is 27.9 Å². The zero-order chi connectivity index (χ0) is 35.4. The molecular weight excluding hydrogens is 629 g/mol. The lowest BCUT2D eigenvalue weighted by atomic mass is 10.1. The van der Waals surface area contributed by atoms with Gasteiger partial charge in [0.05, 0.1) is 13.2 Å². The highest BCUT2D eigenvalue weighted by atomic mass is 31.2. The van der Waals surface area contributed by atoms with Crippen molar-refractivity contribution in [3.8, 4) is 0 Å². The molecule has 0 heterocycles. The van der Waals surface area contributed by atoms with E-state index in [2.05, 4.69) is 73.8 Å². The molecule has 10 heteroatoms. The first-order valence-electron chi connectivity index (χ1n) is 18.3. The zero-order valence-electron chi connectivity index (χ0n) is 29.9. The van der Waals surface area contributed by atoms with Crippen LogP contribution in [-0.4, -0.2) is 54.3 Å². The molecule has 0 aliphatic heterocycles. The lowest BCUT2D eigenvalue weighted by Crippen LogP contribution is -2.27. The predicted octanol–water partition coefficient (Wildman–Crippen LogP) is 9.37. The third-order valence-corrected chi connectivity index (χ3v) is 8.14. The number of allylic oxidation sites excluding steroid dienone is 10. The van der Waals surface area contributed by atoms with Crippen molar-refractivity contribution in [1.29, 1.82) is 0 Å². The molecule has 48 heavy (non-hydrogen) atoms. The third kappa shape index (κ3) is 35.0. The Kier molecular flexibility index (Phi) is 32.9. The Hall–Kier alpha value is -2.29. The van der Waals surface area contributed by atoms with Crippen molar-refractivity contribution in [2.75, 3.05) is 26.4 Å². The van der Waals surface area contributed by atoms with Crippen LogP contribution in [0.3, 0.4) is 0 Å². The second-order valence-electron chi connectivity index (χ2n) is 11.8. The summed E-state index contributed by atoms with van der Waals surface area (Å²) < 4.78 is 26.7. The maximum atomic E-state index is 12.0. The molecule has 0 saturated carbocycles. The van der Waals surface area contributed by atoms with Crippen LogP contribution in [0.1, 0.15) is 136 Å². The fourth-order valence-electron chi connectivity index (χ4n) is 4.37. The number of phosphoric acid groups is 1. The smallest absolute Gasteiger partial charge is 0.463 e. The minimum atomic E-state index is -4.42. The molecule has 0 bridgehead atoms. The van der Waals surface area contributed by atoms with E-state index in [4.69, 9.17) is 13.8 Å². The third-order valence-electron chi connectivity index (χ3n) is 7.15. The van der Waals surface area contributed by atoms with Gasteiger partial charge in [0, 0.05) is 19.4 Å². The van der Waals surface area contributed by atoms with Gasteiger partial charge in [-0.2, -0.15) is 0 Å². The molecule has 0 aromatic carbocycles. The predicted molar refractivity (Wildman–Crippen MR) is 196 cm³/mol. The Morgan fingerprint density at radius 2 is 1.19 bits per heavy atom. The minimum Gasteiger partial charge on any atom is -0.463 e. The molecule has 3 N–H and O–H groups in total. The van der Waals surface area contributed by atoms with Gasteiger partial charge in [-0.15, -0.1) is 0 Å². The molecule has 276 valence electrons. The van der Waals surface area contributed by atoms with Crippen LogP contribution in [0.5, 0.6) is 0 Å². The second kappa shape index (κ2) is 34.6. The van der Waals surface area contributed by atoms with Crippen molar-refractivity contribution in [3.63, 3.8) is 0 Å². The van der Waals surface area contributed by atoms with E-state index in [9.17, 15) is 24.2 Å². The summed E-state index contributed by atoms with van der Waals surface area (Å²) in [6.07, 6.45) is 38.7. The molecule has 9 nitrogen and oxygen atoms in total. The maximum absolute atomic E-state index is 12.0. The number of aliphatic hydroxyl groups excluding tert-OH is 1. The molecule has 0 radical (unpaired) electrons. The number of carbonyl (C=O) groups is 2. The largest absolute Gasteiger partial charge is 0.472 e. The van der Waals surface area contributed by atoms with E-state index in [1.165, 1.54) is 38.5 Å². The van der Waals surface area contributed by atoms with Crippen LogP contribution >= 0.6 is 7.82 Å². The van der Waals surface area contributed by atoms with Gasteiger partial charge in [0.25, 0.3) is 0 Å². The Labute approximate surface area is 291 Å². The van der Waals surface area contributed by atoms with E-state index in [-0.39, 0.29) is 32.1 Å². The molecule has 0 saturated heterocycles. The maximum Gasteiger partial charge on any atom is 0.472 e. The topological polar surface area (TPSA) is 131 Å².